The Balaban J connectivity index is 1.57. The SMILES string of the molecule is CCc1ccccc1NC(=O)c1oc2c(c1C)/C(=N/NC(=O)c1ccc(Cl)c([N+](=O)[O-])c1)CCC2. The van der Waals surface area contributed by atoms with Crippen molar-refractivity contribution in [1.82, 2.24) is 5.43 Å². The number of nitro groups is 1. The molecule has 4 rings (SSSR count). The Kier molecular flexibility index (Phi) is 6.97. The lowest BCUT2D eigenvalue weighted by atomic mass is 9.93. The van der Waals surface area contributed by atoms with Gasteiger partial charge in [0.25, 0.3) is 17.5 Å². The lowest BCUT2D eigenvalue weighted by Gasteiger charge is -2.13. The number of halogens is 1. The molecule has 1 aliphatic rings. The van der Waals surface area contributed by atoms with Crippen molar-refractivity contribution < 1.29 is 18.9 Å². The van der Waals surface area contributed by atoms with Gasteiger partial charge in [0, 0.05) is 34.9 Å². The van der Waals surface area contributed by atoms with Crippen LogP contribution in [0.4, 0.5) is 11.4 Å². The van der Waals surface area contributed by atoms with Gasteiger partial charge in [-0.1, -0.05) is 36.7 Å². The van der Waals surface area contributed by atoms with E-state index in [4.69, 9.17) is 16.0 Å². The molecule has 10 heteroatoms. The van der Waals surface area contributed by atoms with E-state index in [0.29, 0.717) is 35.4 Å². The third-order valence-corrected chi connectivity index (χ3v) is 6.20. The Bertz CT molecular complexity index is 1360. The number of furan rings is 1. The number of nitro benzene ring substituents is 1. The van der Waals surface area contributed by atoms with Gasteiger partial charge in [-0.05, 0) is 49.9 Å². The summed E-state index contributed by atoms with van der Waals surface area (Å²) < 4.78 is 5.93. The van der Waals surface area contributed by atoms with E-state index in [0.717, 1.165) is 30.2 Å². The summed E-state index contributed by atoms with van der Waals surface area (Å²) in [6, 6.07) is 11.4. The monoisotopic (exact) mass is 494 g/mol. The second-order valence-electron chi connectivity index (χ2n) is 8.10. The number of hydrogen-bond acceptors (Lipinski definition) is 6. The minimum atomic E-state index is -0.654. The number of benzene rings is 2. The van der Waals surface area contributed by atoms with Gasteiger partial charge in [-0.15, -0.1) is 0 Å². The highest BCUT2D eigenvalue weighted by Crippen LogP contribution is 2.31. The summed E-state index contributed by atoms with van der Waals surface area (Å²) in [7, 11) is 0. The van der Waals surface area contributed by atoms with E-state index < -0.39 is 10.8 Å². The molecule has 0 spiro atoms. The molecule has 2 aromatic carbocycles. The molecule has 35 heavy (non-hydrogen) atoms. The van der Waals surface area contributed by atoms with Crippen LogP contribution in [0.5, 0.6) is 0 Å². The Hall–Kier alpha value is -3.98. The van der Waals surface area contributed by atoms with Crippen LogP contribution in [-0.4, -0.2) is 22.4 Å². The average Bonchev–Trinajstić information content (AvgIpc) is 3.20. The second kappa shape index (κ2) is 10.1. The van der Waals surface area contributed by atoms with E-state index in [1.54, 1.807) is 6.92 Å². The quantitative estimate of drug-likeness (QED) is 0.348. The smallest absolute Gasteiger partial charge is 0.291 e. The summed E-state index contributed by atoms with van der Waals surface area (Å²) in [5, 5.41) is 18.2. The Labute approximate surface area is 206 Å². The van der Waals surface area contributed by atoms with Crippen LogP contribution < -0.4 is 10.7 Å². The molecule has 0 fully saturated rings. The maximum absolute atomic E-state index is 13.0. The van der Waals surface area contributed by atoms with Gasteiger partial charge in [0.05, 0.1) is 10.6 Å². The molecule has 0 saturated heterocycles. The van der Waals surface area contributed by atoms with Crippen LogP contribution in [0, 0.1) is 17.0 Å². The largest absolute Gasteiger partial charge is 0.455 e. The van der Waals surface area contributed by atoms with E-state index in [-0.39, 0.29) is 27.9 Å². The van der Waals surface area contributed by atoms with Gasteiger partial charge in [-0.25, -0.2) is 5.43 Å². The molecule has 0 bridgehead atoms. The summed E-state index contributed by atoms with van der Waals surface area (Å²) in [4.78, 5) is 36.0. The molecule has 2 N–H and O–H groups in total. The van der Waals surface area contributed by atoms with Crippen LogP contribution >= 0.6 is 11.6 Å². The number of hydrogen-bond donors (Lipinski definition) is 2. The van der Waals surface area contributed by atoms with Crippen molar-refractivity contribution in [2.45, 2.75) is 39.5 Å². The van der Waals surface area contributed by atoms with Crippen molar-refractivity contribution in [3.05, 3.63) is 91.4 Å². The minimum absolute atomic E-state index is 0.0556. The zero-order chi connectivity index (χ0) is 25.1. The number of para-hydroxylation sites is 1. The lowest BCUT2D eigenvalue weighted by Crippen LogP contribution is -2.22. The number of carbonyl (C=O) groups excluding carboxylic acids is 2. The van der Waals surface area contributed by atoms with Gasteiger partial charge in [-0.3, -0.25) is 19.7 Å². The molecule has 1 heterocycles. The van der Waals surface area contributed by atoms with Crippen LogP contribution in [0.1, 0.15) is 63.1 Å². The first-order valence-electron chi connectivity index (χ1n) is 11.1. The maximum atomic E-state index is 13.0. The minimum Gasteiger partial charge on any atom is -0.455 e. The van der Waals surface area contributed by atoms with E-state index in [9.17, 15) is 19.7 Å². The van der Waals surface area contributed by atoms with Crippen LogP contribution in [0.3, 0.4) is 0 Å². The van der Waals surface area contributed by atoms with Crippen molar-refractivity contribution in [2.75, 3.05) is 5.32 Å². The first-order valence-corrected chi connectivity index (χ1v) is 11.5. The number of nitrogens with zero attached hydrogens (tertiary/aromatic N) is 2. The van der Waals surface area contributed by atoms with E-state index >= 15 is 0 Å². The zero-order valence-corrected chi connectivity index (χ0v) is 19.9. The Morgan fingerprint density at radius 2 is 1.94 bits per heavy atom. The molecule has 1 aliphatic carbocycles. The van der Waals surface area contributed by atoms with Crippen molar-refractivity contribution in [2.24, 2.45) is 5.10 Å². The standard InChI is InChI=1S/C25H23ClN4O5/c1-3-15-7-4-5-8-18(15)27-25(32)23-14(2)22-19(9-6-10-21(22)35-23)28-29-24(31)16-11-12-17(26)20(13-16)30(33)34/h4-5,7-8,11-13H,3,6,9-10H2,1-2H3,(H,27,32)(H,29,31)/b28-19+. The predicted octanol–water partition coefficient (Wildman–Crippen LogP) is 5.43. The highest BCUT2D eigenvalue weighted by molar-refractivity contribution is 6.32. The number of amides is 2. The summed E-state index contributed by atoms with van der Waals surface area (Å²) in [6.45, 7) is 3.80. The third-order valence-electron chi connectivity index (χ3n) is 5.88. The second-order valence-corrected chi connectivity index (χ2v) is 8.50. The van der Waals surface area contributed by atoms with Gasteiger partial charge < -0.3 is 9.73 Å². The third kappa shape index (κ3) is 4.95. The number of rotatable bonds is 6. The average molecular weight is 495 g/mol. The van der Waals surface area contributed by atoms with E-state index in [2.05, 4.69) is 15.8 Å². The number of hydrazone groups is 1. The molecule has 0 saturated carbocycles. The first-order chi connectivity index (χ1) is 16.8. The molecule has 180 valence electrons. The van der Waals surface area contributed by atoms with E-state index in [1.807, 2.05) is 31.2 Å². The fourth-order valence-corrected chi connectivity index (χ4v) is 4.29. The summed E-state index contributed by atoms with van der Waals surface area (Å²) >= 11 is 5.82. The van der Waals surface area contributed by atoms with Crippen LogP contribution in [0.2, 0.25) is 5.02 Å². The normalized spacial score (nSPS) is 13.9. The highest BCUT2D eigenvalue weighted by atomic mass is 35.5. The maximum Gasteiger partial charge on any atom is 0.291 e. The molecular formula is C25H23ClN4O5. The Morgan fingerprint density at radius 1 is 1.17 bits per heavy atom. The lowest BCUT2D eigenvalue weighted by molar-refractivity contribution is -0.384. The molecule has 1 aromatic heterocycles. The fourth-order valence-electron chi connectivity index (χ4n) is 4.10. The first kappa shape index (κ1) is 24.2. The van der Waals surface area contributed by atoms with Crippen molar-refractivity contribution in [1.29, 1.82) is 0 Å². The molecule has 0 atom stereocenters. The Morgan fingerprint density at radius 3 is 2.69 bits per heavy atom. The van der Waals surface area contributed by atoms with Gasteiger partial charge in [0.2, 0.25) is 0 Å². The molecule has 3 aromatic rings. The van der Waals surface area contributed by atoms with Crippen molar-refractivity contribution >= 4 is 40.5 Å². The van der Waals surface area contributed by atoms with Gasteiger partial charge >= 0.3 is 0 Å². The van der Waals surface area contributed by atoms with Crippen LogP contribution in [-0.2, 0) is 12.8 Å². The molecule has 0 unspecified atom stereocenters. The molecule has 0 radical (unpaired) electrons. The summed E-state index contributed by atoms with van der Waals surface area (Å²) in [5.41, 5.74) is 5.82. The van der Waals surface area contributed by atoms with Gasteiger partial charge in [0.1, 0.15) is 10.8 Å². The number of anilines is 1. The molecule has 9 nitrogen and oxygen atoms in total. The van der Waals surface area contributed by atoms with Crippen molar-refractivity contribution in [3.63, 3.8) is 0 Å². The van der Waals surface area contributed by atoms with Gasteiger partial charge in [0.15, 0.2) is 5.76 Å². The van der Waals surface area contributed by atoms with Crippen LogP contribution in [0.25, 0.3) is 0 Å². The zero-order valence-electron chi connectivity index (χ0n) is 19.2. The number of nitrogens with one attached hydrogen (secondary N) is 2. The van der Waals surface area contributed by atoms with E-state index in [1.165, 1.54) is 12.1 Å². The molecule has 0 aliphatic heterocycles. The number of aryl methyl sites for hydroxylation is 2. The van der Waals surface area contributed by atoms with Crippen LogP contribution in [0.15, 0.2) is 52.0 Å². The fraction of sp³-hybridized carbons (Fsp3) is 0.240. The number of fused-ring (bicyclic) bond motifs is 1. The summed E-state index contributed by atoms with van der Waals surface area (Å²) in [5.74, 6) is -0.123. The predicted molar refractivity (Wildman–Crippen MR) is 132 cm³/mol. The molecule has 2 amide bonds. The van der Waals surface area contributed by atoms with Gasteiger partial charge in [-0.2, -0.15) is 5.10 Å². The number of carbonyl (C=O) groups is 2. The topological polar surface area (TPSA) is 127 Å². The molecular weight excluding hydrogens is 472 g/mol. The van der Waals surface area contributed by atoms with Crippen molar-refractivity contribution in [3.8, 4) is 0 Å². The highest BCUT2D eigenvalue weighted by Gasteiger charge is 2.28. The summed E-state index contributed by atoms with van der Waals surface area (Å²) in [6.07, 6.45) is 2.73.